The number of hydrogen-bond donors (Lipinski definition) is 4. The van der Waals surface area contributed by atoms with Crippen molar-refractivity contribution in [3.8, 4) is 0 Å². The Morgan fingerprint density at radius 2 is 2.15 bits per heavy atom. The number of primary amides is 1. The summed E-state index contributed by atoms with van der Waals surface area (Å²) in [6.45, 7) is 0.437. The third-order valence-electron chi connectivity index (χ3n) is 4.89. The van der Waals surface area contributed by atoms with Crippen LogP contribution in [0, 0.1) is 0 Å². The predicted molar refractivity (Wildman–Crippen MR) is 91.5 cm³/mol. The second kappa shape index (κ2) is 7.59. The van der Waals surface area contributed by atoms with Gasteiger partial charge in [-0.3, -0.25) is 19.2 Å². The van der Waals surface area contributed by atoms with E-state index in [2.05, 4.69) is 15.6 Å². The van der Waals surface area contributed by atoms with Crippen LogP contribution < -0.4 is 16.4 Å². The molecular weight excluding hydrogens is 338 g/mol. The molecule has 5 N–H and O–H groups in total. The van der Waals surface area contributed by atoms with E-state index in [1.807, 2.05) is 6.07 Å². The lowest BCUT2D eigenvalue weighted by Gasteiger charge is -2.28. The van der Waals surface area contributed by atoms with Crippen molar-refractivity contribution in [2.75, 3.05) is 6.54 Å². The Balaban J connectivity index is 1.74. The Morgan fingerprint density at radius 3 is 2.77 bits per heavy atom. The SMILES string of the molecule is NC(=O)[C@@H]1CCCN1C(=O)[C@H](Cc1cc[nH]c1)NC(=O)[C@@H]1CCC(=O)N1. The number of amides is 4. The molecule has 1 aromatic rings. The van der Waals surface area contributed by atoms with Crippen molar-refractivity contribution in [1.29, 1.82) is 0 Å². The number of carbonyl (C=O) groups excluding carboxylic acids is 4. The van der Waals surface area contributed by atoms with Crippen LogP contribution in [0.25, 0.3) is 0 Å². The molecule has 9 heteroatoms. The summed E-state index contributed by atoms with van der Waals surface area (Å²) in [7, 11) is 0. The Morgan fingerprint density at radius 1 is 1.35 bits per heavy atom. The van der Waals surface area contributed by atoms with E-state index in [1.54, 1.807) is 12.4 Å². The molecule has 0 saturated carbocycles. The van der Waals surface area contributed by atoms with Gasteiger partial charge in [0, 0.05) is 31.8 Å². The van der Waals surface area contributed by atoms with E-state index in [0.717, 1.165) is 5.56 Å². The Hall–Kier alpha value is -2.84. The first kappa shape index (κ1) is 18.0. The molecule has 2 aliphatic rings. The topological polar surface area (TPSA) is 137 Å². The average molecular weight is 361 g/mol. The Labute approximate surface area is 150 Å². The minimum Gasteiger partial charge on any atom is -0.368 e. The fourth-order valence-electron chi connectivity index (χ4n) is 3.53. The van der Waals surface area contributed by atoms with Gasteiger partial charge in [0.1, 0.15) is 18.1 Å². The van der Waals surface area contributed by atoms with Crippen molar-refractivity contribution in [2.24, 2.45) is 5.73 Å². The lowest BCUT2D eigenvalue weighted by Crippen LogP contribution is -2.56. The summed E-state index contributed by atoms with van der Waals surface area (Å²) in [5, 5.41) is 5.34. The van der Waals surface area contributed by atoms with Crippen LogP contribution in [-0.4, -0.2) is 58.2 Å². The van der Waals surface area contributed by atoms with Crippen molar-refractivity contribution >= 4 is 23.6 Å². The standard InChI is InChI=1S/C17H23N5O4/c18-15(24)13-2-1-7-22(13)17(26)12(8-10-5-6-19-9-10)21-16(25)11-3-4-14(23)20-11/h5-6,9,11-13,19H,1-4,7-8H2,(H2,18,24)(H,20,23)(H,21,25)/t11-,12-,13-/m0/s1. The van der Waals surface area contributed by atoms with Gasteiger partial charge in [-0.25, -0.2) is 0 Å². The van der Waals surface area contributed by atoms with Gasteiger partial charge in [0.15, 0.2) is 0 Å². The van der Waals surface area contributed by atoms with Crippen LogP contribution in [-0.2, 0) is 25.6 Å². The summed E-state index contributed by atoms with van der Waals surface area (Å²) >= 11 is 0. The molecule has 3 heterocycles. The van der Waals surface area contributed by atoms with Gasteiger partial charge in [0.25, 0.3) is 0 Å². The Kier molecular flexibility index (Phi) is 5.24. The monoisotopic (exact) mass is 361 g/mol. The third kappa shape index (κ3) is 3.87. The first-order valence-corrected chi connectivity index (χ1v) is 8.77. The maximum atomic E-state index is 13.0. The average Bonchev–Trinajstić information content (AvgIpc) is 3.34. The van der Waals surface area contributed by atoms with Crippen LogP contribution in [0.3, 0.4) is 0 Å². The lowest BCUT2D eigenvalue weighted by atomic mass is 10.1. The van der Waals surface area contributed by atoms with Gasteiger partial charge < -0.3 is 26.3 Å². The number of aromatic nitrogens is 1. The van der Waals surface area contributed by atoms with Crippen molar-refractivity contribution < 1.29 is 19.2 Å². The zero-order chi connectivity index (χ0) is 18.7. The fourth-order valence-corrected chi connectivity index (χ4v) is 3.53. The minimum absolute atomic E-state index is 0.174. The molecule has 140 valence electrons. The summed E-state index contributed by atoms with van der Waals surface area (Å²) in [6.07, 6.45) is 5.70. The fraction of sp³-hybridized carbons (Fsp3) is 0.529. The smallest absolute Gasteiger partial charge is 0.246 e. The van der Waals surface area contributed by atoms with Crippen molar-refractivity contribution in [3.63, 3.8) is 0 Å². The zero-order valence-corrected chi connectivity index (χ0v) is 14.4. The molecule has 26 heavy (non-hydrogen) atoms. The number of carbonyl (C=O) groups is 4. The molecule has 2 fully saturated rings. The molecular formula is C17H23N5O4. The van der Waals surface area contributed by atoms with E-state index in [9.17, 15) is 19.2 Å². The molecule has 0 unspecified atom stereocenters. The number of likely N-dealkylation sites (tertiary alicyclic amines) is 1. The second-order valence-electron chi connectivity index (χ2n) is 6.74. The molecule has 4 amide bonds. The number of H-pyrrole nitrogens is 1. The van der Waals surface area contributed by atoms with E-state index >= 15 is 0 Å². The molecule has 3 rings (SSSR count). The highest BCUT2D eigenvalue weighted by atomic mass is 16.2. The largest absolute Gasteiger partial charge is 0.368 e. The predicted octanol–water partition coefficient (Wildman–Crippen LogP) is -1.20. The first-order valence-electron chi connectivity index (χ1n) is 8.77. The van der Waals surface area contributed by atoms with Gasteiger partial charge in [0.05, 0.1) is 0 Å². The van der Waals surface area contributed by atoms with Crippen LogP contribution in [0.1, 0.15) is 31.2 Å². The van der Waals surface area contributed by atoms with Crippen LogP contribution in [0.5, 0.6) is 0 Å². The number of nitrogens with two attached hydrogens (primary N) is 1. The summed E-state index contributed by atoms with van der Waals surface area (Å²) in [5.74, 6) is -1.43. The highest BCUT2D eigenvalue weighted by Gasteiger charge is 2.38. The molecule has 2 aliphatic heterocycles. The van der Waals surface area contributed by atoms with Crippen LogP contribution in [0.15, 0.2) is 18.5 Å². The number of hydrogen-bond acceptors (Lipinski definition) is 4. The molecule has 3 atom stereocenters. The number of nitrogens with zero attached hydrogens (tertiary/aromatic N) is 1. The zero-order valence-electron chi connectivity index (χ0n) is 14.4. The molecule has 2 saturated heterocycles. The van der Waals surface area contributed by atoms with Gasteiger partial charge in [0.2, 0.25) is 23.6 Å². The summed E-state index contributed by atoms with van der Waals surface area (Å²) < 4.78 is 0. The minimum atomic E-state index is -0.823. The summed E-state index contributed by atoms with van der Waals surface area (Å²) in [4.78, 5) is 52.8. The quantitative estimate of drug-likeness (QED) is 0.505. The second-order valence-corrected chi connectivity index (χ2v) is 6.74. The number of rotatable bonds is 6. The molecule has 0 radical (unpaired) electrons. The van der Waals surface area contributed by atoms with Gasteiger partial charge in [-0.2, -0.15) is 0 Å². The van der Waals surface area contributed by atoms with Gasteiger partial charge in [-0.1, -0.05) is 0 Å². The first-order chi connectivity index (χ1) is 12.5. The Bertz CT molecular complexity index is 702. The number of aromatic amines is 1. The van der Waals surface area contributed by atoms with Crippen molar-refractivity contribution in [3.05, 3.63) is 24.0 Å². The molecule has 0 aromatic carbocycles. The number of nitrogens with one attached hydrogen (secondary N) is 3. The van der Waals surface area contributed by atoms with Gasteiger partial charge in [-0.15, -0.1) is 0 Å². The summed E-state index contributed by atoms with van der Waals surface area (Å²) in [5.41, 5.74) is 6.26. The van der Waals surface area contributed by atoms with Crippen LogP contribution >= 0.6 is 0 Å². The van der Waals surface area contributed by atoms with Crippen LogP contribution in [0.4, 0.5) is 0 Å². The van der Waals surface area contributed by atoms with Gasteiger partial charge in [-0.05, 0) is 30.9 Å². The normalized spacial score (nSPS) is 23.5. The maximum absolute atomic E-state index is 13.0. The van der Waals surface area contributed by atoms with Crippen molar-refractivity contribution in [1.82, 2.24) is 20.5 Å². The highest BCUT2D eigenvalue weighted by molar-refractivity contribution is 5.95. The molecule has 0 spiro atoms. The molecule has 1 aromatic heterocycles. The van der Waals surface area contributed by atoms with Crippen molar-refractivity contribution in [2.45, 2.75) is 50.2 Å². The van der Waals surface area contributed by atoms with Gasteiger partial charge >= 0.3 is 0 Å². The van der Waals surface area contributed by atoms with Crippen LogP contribution in [0.2, 0.25) is 0 Å². The maximum Gasteiger partial charge on any atom is 0.246 e. The van der Waals surface area contributed by atoms with E-state index < -0.39 is 24.0 Å². The molecule has 9 nitrogen and oxygen atoms in total. The van der Waals surface area contributed by atoms with E-state index in [0.29, 0.717) is 32.2 Å². The van der Waals surface area contributed by atoms with E-state index in [1.165, 1.54) is 4.90 Å². The van der Waals surface area contributed by atoms with E-state index in [-0.39, 0.29) is 24.1 Å². The highest BCUT2D eigenvalue weighted by Crippen LogP contribution is 2.19. The molecule has 0 aliphatic carbocycles. The third-order valence-corrected chi connectivity index (χ3v) is 4.89. The molecule has 0 bridgehead atoms. The van der Waals surface area contributed by atoms with E-state index in [4.69, 9.17) is 5.73 Å². The lowest BCUT2D eigenvalue weighted by molar-refractivity contribution is -0.140. The summed E-state index contributed by atoms with van der Waals surface area (Å²) in [6, 6.07) is -0.274.